The summed E-state index contributed by atoms with van der Waals surface area (Å²) < 4.78 is 0. The van der Waals surface area contributed by atoms with Gasteiger partial charge in [0.1, 0.15) is 5.75 Å². The number of aromatic hydroxyl groups is 1. The Morgan fingerprint density at radius 2 is 1.70 bits per heavy atom. The smallest absolute Gasteiger partial charge is 0.239 e. The van der Waals surface area contributed by atoms with Crippen molar-refractivity contribution in [2.75, 3.05) is 50.7 Å². The average Bonchev–Trinajstić information content (AvgIpc) is 2.55. The monoisotopic (exact) mass is 320 g/mol. The molecule has 7 heteroatoms. The number of piperazine rings is 1. The first kappa shape index (κ1) is 17.1. The molecule has 126 valence electrons. The van der Waals surface area contributed by atoms with Gasteiger partial charge < -0.3 is 20.6 Å². The van der Waals surface area contributed by atoms with Crippen LogP contribution in [0.5, 0.6) is 5.75 Å². The van der Waals surface area contributed by atoms with Gasteiger partial charge in [-0.3, -0.25) is 14.5 Å². The minimum absolute atomic E-state index is 0.0279. The molecule has 0 aromatic heterocycles. The molecule has 1 saturated heterocycles. The number of likely N-dealkylation sites (N-methyl/N-ethyl adjacent to an activating group) is 1. The summed E-state index contributed by atoms with van der Waals surface area (Å²) in [5.74, 6) is -0.0384. The lowest BCUT2D eigenvalue weighted by atomic mass is 10.2. The van der Waals surface area contributed by atoms with Crippen molar-refractivity contribution in [2.24, 2.45) is 0 Å². The Morgan fingerprint density at radius 3 is 2.30 bits per heavy atom. The van der Waals surface area contributed by atoms with Crippen LogP contribution < -0.4 is 15.5 Å². The third-order valence-corrected chi connectivity index (χ3v) is 3.77. The highest BCUT2D eigenvalue weighted by atomic mass is 16.3. The number of nitrogens with zero attached hydrogens (tertiary/aromatic N) is 2. The van der Waals surface area contributed by atoms with Crippen LogP contribution in [-0.2, 0) is 9.59 Å². The highest BCUT2D eigenvalue weighted by molar-refractivity contribution is 5.85. The highest BCUT2D eigenvalue weighted by Crippen LogP contribution is 2.19. The van der Waals surface area contributed by atoms with Crippen molar-refractivity contribution in [1.29, 1.82) is 0 Å². The van der Waals surface area contributed by atoms with Crippen LogP contribution in [0, 0.1) is 0 Å². The number of phenolic OH excluding ortho intramolecular Hbond substituents is 1. The molecule has 0 aliphatic carbocycles. The Labute approximate surface area is 136 Å². The molecule has 2 rings (SSSR count). The third-order valence-electron chi connectivity index (χ3n) is 3.77. The lowest BCUT2D eigenvalue weighted by Gasteiger charge is -2.35. The van der Waals surface area contributed by atoms with Crippen LogP contribution >= 0.6 is 0 Å². The van der Waals surface area contributed by atoms with Crippen LogP contribution in [0.1, 0.15) is 6.92 Å². The summed E-state index contributed by atoms with van der Waals surface area (Å²) in [7, 11) is 0. The average molecular weight is 320 g/mol. The SMILES string of the molecule is CCNC(=O)CNC(=O)CN1CCN(c2ccc(O)cc2)CC1. The summed E-state index contributed by atoms with van der Waals surface area (Å²) >= 11 is 0. The van der Waals surface area contributed by atoms with Gasteiger partial charge in [0, 0.05) is 38.4 Å². The van der Waals surface area contributed by atoms with E-state index in [-0.39, 0.29) is 24.1 Å². The molecule has 1 aliphatic heterocycles. The molecule has 7 nitrogen and oxygen atoms in total. The van der Waals surface area contributed by atoms with E-state index in [1.807, 2.05) is 19.1 Å². The van der Waals surface area contributed by atoms with Crippen LogP contribution in [-0.4, -0.2) is 67.6 Å². The molecule has 1 fully saturated rings. The fourth-order valence-corrected chi connectivity index (χ4v) is 2.53. The van der Waals surface area contributed by atoms with Gasteiger partial charge in [0.2, 0.25) is 11.8 Å². The molecule has 0 saturated carbocycles. The van der Waals surface area contributed by atoms with Crippen LogP contribution in [0.15, 0.2) is 24.3 Å². The standard InChI is InChI=1S/C16H24N4O3/c1-2-17-15(22)11-18-16(23)12-19-7-9-20(10-8-19)13-3-5-14(21)6-4-13/h3-6,21H,2,7-12H2,1H3,(H,17,22)(H,18,23). The van der Waals surface area contributed by atoms with E-state index in [1.165, 1.54) is 0 Å². The first-order valence-corrected chi connectivity index (χ1v) is 7.88. The fourth-order valence-electron chi connectivity index (χ4n) is 2.53. The molecule has 1 aromatic carbocycles. The van der Waals surface area contributed by atoms with E-state index in [0.717, 1.165) is 31.9 Å². The molecular weight excluding hydrogens is 296 g/mol. The number of amides is 2. The van der Waals surface area contributed by atoms with E-state index in [2.05, 4.69) is 20.4 Å². The number of hydrogen-bond donors (Lipinski definition) is 3. The minimum Gasteiger partial charge on any atom is -0.508 e. The maximum Gasteiger partial charge on any atom is 0.239 e. The molecule has 1 aromatic rings. The molecule has 0 radical (unpaired) electrons. The minimum atomic E-state index is -0.169. The number of anilines is 1. The molecule has 0 unspecified atom stereocenters. The first-order valence-electron chi connectivity index (χ1n) is 7.88. The molecule has 0 atom stereocenters. The first-order chi connectivity index (χ1) is 11.1. The van der Waals surface area contributed by atoms with Crippen LogP contribution in [0.3, 0.4) is 0 Å². The maximum absolute atomic E-state index is 11.8. The van der Waals surface area contributed by atoms with E-state index in [9.17, 15) is 14.7 Å². The van der Waals surface area contributed by atoms with Crippen LogP contribution in [0.4, 0.5) is 5.69 Å². The topological polar surface area (TPSA) is 84.9 Å². The Morgan fingerprint density at radius 1 is 1.04 bits per heavy atom. The number of rotatable bonds is 6. The predicted molar refractivity (Wildman–Crippen MR) is 88.5 cm³/mol. The van der Waals surface area contributed by atoms with E-state index >= 15 is 0 Å². The van der Waals surface area contributed by atoms with E-state index in [1.54, 1.807) is 12.1 Å². The number of carbonyl (C=O) groups is 2. The van der Waals surface area contributed by atoms with Gasteiger partial charge in [0.05, 0.1) is 13.1 Å². The van der Waals surface area contributed by atoms with Gasteiger partial charge >= 0.3 is 0 Å². The number of benzene rings is 1. The third kappa shape index (κ3) is 5.45. The van der Waals surface area contributed by atoms with Gasteiger partial charge in [-0.15, -0.1) is 0 Å². The van der Waals surface area contributed by atoms with Crippen molar-refractivity contribution in [3.63, 3.8) is 0 Å². The van der Waals surface area contributed by atoms with E-state index in [0.29, 0.717) is 13.1 Å². The van der Waals surface area contributed by atoms with Crippen molar-refractivity contribution in [3.8, 4) is 5.75 Å². The summed E-state index contributed by atoms with van der Waals surface area (Å²) in [6, 6.07) is 7.14. The largest absolute Gasteiger partial charge is 0.508 e. The summed E-state index contributed by atoms with van der Waals surface area (Å²) in [5, 5.41) is 14.6. The van der Waals surface area contributed by atoms with Crippen LogP contribution in [0.25, 0.3) is 0 Å². The van der Waals surface area contributed by atoms with Gasteiger partial charge in [0.15, 0.2) is 0 Å². The van der Waals surface area contributed by atoms with Crippen LogP contribution in [0.2, 0.25) is 0 Å². The Balaban J connectivity index is 1.71. The molecule has 0 bridgehead atoms. The molecule has 2 amide bonds. The van der Waals surface area contributed by atoms with E-state index in [4.69, 9.17) is 0 Å². The molecule has 1 heterocycles. The highest BCUT2D eigenvalue weighted by Gasteiger charge is 2.19. The summed E-state index contributed by atoms with van der Waals surface area (Å²) in [6.45, 7) is 5.97. The zero-order chi connectivity index (χ0) is 16.7. The van der Waals surface area contributed by atoms with Gasteiger partial charge in [0.25, 0.3) is 0 Å². The Kier molecular flexibility index (Phi) is 6.22. The molecule has 3 N–H and O–H groups in total. The number of nitrogens with one attached hydrogen (secondary N) is 2. The van der Waals surface area contributed by atoms with Crippen molar-refractivity contribution < 1.29 is 14.7 Å². The zero-order valence-electron chi connectivity index (χ0n) is 13.4. The van der Waals surface area contributed by atoms with Gasteiger partial charge in [-0.1, -0.05) is 0 Å². The number of carbonyl (C=O) groups excluding carboxylic acids is 2. The quantitative estimate of drug-likeness (QED) is 0.674. The molecule has 1 aliphatic rings. The van der Waals surface area contributed by atoms with Gasteiger partial charge in [-0.2, -0.15) is 0 Å². The zero-order valence-corrected chi connectivity index (χ0v) is 13.4. The van der Waals surface area contributed by atoms with Crippen molar-refractivity contribution in [3.05, 3.63) is 24.3 Å². The second-order valence-corrected chi connectivity index (χ2v) is 5.51. The molecular formula is C16H24N4O3. The fraction of sp³-hybridized carbons (Fsp3) is 0.500. The van der Waals surface area contributed by atoms with Gasteiger partial charge in [-0.05, 0) is 31.2 Å². The summed E-state index contributed by atoms with van der Waals surface area (Å²) in [6.07, 6.45) is 0. The molecule has 23 heavy (non-hydrogen) atoms. The van der Waals surface area contributed by atoms with Gasteiger partial charge in [-0.25, -0.2) is 0 Å². The summed E-state index contributed by atoms with van der Waals surface area (Å²) in [5.41, 5.74) is 1.07. The van der Waals surface area contributed by atoms with E-state index < -0.39 is 0 Å². The Hall–Kier alpha value is -2.28. The normalized spacial score (nSPS) is 15.3. The lowest BCUT2D eigenvalue weighted by Crippen LogP contribution is -2.50. The predicted octanol–water partition coefficient (Wildman–Crippen LogP) is -0.233. The lowest BCUT2D eigenvalue weighted by molar-refractivity contribution is -0.126. The van der Waals surface area contributed by atoms with Crippen molar-refractivity contribution >= 4 is 17.5 Å². The van der Waals surface area contributed by atoms with Crippen molar-refractivity contribution in [2.45, 2.75) is 6.92 Å². The Bertz CT molecular complexity index is 525. The maximum atomic E-state index is 11.8. The molecule has 0 spiro atoms. The second kappa shape index (κ2) is 8.38. The van der Waals surface area contributed by atoms with Crippen molar-refractivity contribution in [1.82, 2.24) is 15.5 Å². The number of phenols is 1. The summed E-state index contributed by atoms with van der Waals surface area (Å²) in [4.78, 5) is 27.4. The second-order valence-electron chi connectivity index (χ2n) is 5.51. The number of hydrogen-bond acceptors (Lipinski definition) is 5.